The monoisotopic (exact) mass is 426 g/mol. The molecule has 2 N–H and O–H groups in total. The summed E-state index contributed by atoms with van der Waals surface area (Å²) in [4.78, 5) is 34.0. The average Bonchev–Trinajstić information content (AvgIpc) is 2.75. The first-order valence-corrected chi connectivity index (χ1v) is 10.6. The van der Waals surface area contributed by atoms with Crippen LogP contribution in [-0.4, -0.2) is 40.9 Å². The van der Waals surface area contributed by atoms with Crippen molar-refractivity contribution >= 4 is 23.4 Å². The van der Waals surface area contributed by atoms with Crippen molar-refractivity contribution < 1.29 is 9.72 Å². The van der Waals surface area contributed by atoms with Crippen LogP contribution in [0.2, 0.25) is 0 Å². The van der Waals surface area contributed by atoms with Crippen LogP contribution in [0.5, 0.6) is 0 Å². The smallest absolute Gasteiger partial charge is 0.269 e. The quantitative estimate of drug-likeness (QED) is 0.513. The number of nitro groups is 1. The summed E-state index contributed by atoms with van der Waals surface area (Å²) in [6, 6.07) is 6.34. The number of hydrogen-bond donors (Lipinski definition) is 2. The number of carbonyl (C=O) groups excluding carboxylic acids is 1. The van der Waals surface area contributed by atoms with Crippen molar-refractivity contribution in [1.29, 1.82) is 0 Å². The second kappa shape index (κ2) is 9.72. The van der Waals surface area contributed by atoms with Gasteiger partial charge < -0.3 is 15.5 Å². The van der Waals surface area contributed by atoms with E-state index in [2.05, 4.69) is 20.6 Å². The first-order valence-electron chi connectivity index (χ1n) is 10.6. The van der Waals surface area contributed by atoms with Crippen LogP contribution < -0.4 is 15.5 Å². The molecule has 1 aromatic carbocycles. The standard InChI is InChI=1S/C22H30N6O3/c1-14-13-23-22(26-20(14)27(3)4)25-18-9-5-17(6-10-18)21(29)24-15(2)16-7-11-19(12-8-16)28(30)31/h7-8,11-13,15,17-18H,5-6,9-10H2,1-4H3,(H,24,29)(H,23,25,26)/t15-,17-,18+/m1/s1. The van der Waals surface area contributed by atoms with Crippen LogP contribution in [0.1, 0.15) is 49.8 Å². The zero-order valence-corrected chi connectivity index (χ0v) is 18.5. The first kappa shape index (κ1) is 22.5. The molecule has 1 atom stereocenters. The molecular formula is C22H30N6O3. The number of nitro benzene ring substituents is 1. The van der Waals surface area contributed by atoms with Gasteiger partial charge in [0.25, 0.3) is 5.69 Å². The van der Waals surface area contributed by atoms with Gasteiger partial charge in [-0.15, -0.1) is 0 Å². The average molecular weight is 427 g/mol. The summed E-state index contributed by atoms with van der Waals surface area (Å²) in [5.41, 5.74) is 1.92. The minimum atomic E-state index is -0.428. The maximum Gasteiger partial charge on any atom is 0.269 e. The molecule has 1 saturated carbocycles. The Labute approximate surface area is 182 Å². The van der Waals surface area contributed by atoms with Gasteiger partial charge in [0.15, 0.2) is 0 Å². The lowest BCUT2D eigenvalue weighted by Crippen LogP contribution is -2.37. The molecule has 1 fully saturated rings. The number of amides is 1. The van der Waals surface area contributed by atoms with E-state index in [1.165, 1.54) is 12.1 Å². The molecule has 1 heterocycles. The van der Waals surface area contributed by atoms with Crippen molar-refractivity contribution in [1.82, 2.24) is 15.3 Å². The number of rotatable bonds is 7. The van der Waals surface area contributed by atoms with E-state index in [-0.39, 0.29) is 29.6 Å². The van der Waals surface area contributed by atoms with Gasteiger partial charge in [-0.05, 0) is 45.1 Å². The summed E-state index contributed by atoms with van der Waals surface area (Å²) < 4.78 is 0. The van der Waals surface area contributed by atoms with E-state index in [4.69, 9.17) is 0 Å². The van der Waals surface area contributed by atoms with Crippen LogP contribution in [0.25, 0.3) is 0 Å². The predicted molar refractivity (Wildman–Crippen MR) is 120 cm³/mol. The summed E-state index contributed by atoms with van der Waals surface area (Å²) in [6.45, 7) is 3.88. The third-order valence-electron chi connectivity index (χ3n) is 5.76. The van der Waals surface area contributed by atoms with E-state index in [1.54, 1.807) is 12.1 Å². The molecule has 0 saturated heterocycles. The van der Waals surface area contributed by atoms with Crippen LogP contribution in [-0.2, 0) is 4.79 Å². The summed E-state index contributed by atoms with van der Waals surface area (Å²) in [7, 11) is 3.92. The molecule has 1 aliphatic carbocycles. The Morgan fingerprint density at radius 3 is 2.42 bits per heavy atom. The molecule has 1 amide bonds. The van der Waals surface area contributed by atoms with Gasteiger partial charge in [-0.25, -0.2) is 4.98 Å². The SMILES string of the molecule is Cc1cnc(N[C@H]2CC[C@@H](C(=O)N[C@H](C)c3ccc([N+](=O)[O-])cc3)CC2)nc1N(C)C. The lowest BCUT2D eigenvalue weighted by atomic mass is 9.85. The Bertz CT molecular complexity index is 923. The molecule has 0 bridgehead atoms. The molecule has 0 unspecified atom stereocenters. The Morgan fingerprint density at radius 1 is 1.19 bits per heavy atom. The highest BCUT2D eigenvalue weighted by Crippen LogP contribution is 2.28. The third-order valence-corrected chi connectivity index (χ3v) is 5.76. The van der Waals surface area contributed by atoms with Crippen molar-refractivity contribution in [2.75, 3.05) is 24.3 Å². The summed E-state index contributed by atoms with van der Waals surface area (Å²) in [5.74, 6) is 1.51. The number of benzene rings is 1. The van der Waals surface area contributed by atoms with E-state index in [0.717, 1.165) is 42.6 Å². The number of nitrogens with zero attached hydrogens (tertiary/aromatic N) is 4. The Hall–Kier alpha value is -3.23. The molecule has 0 radical (unpaired) electrons. The molecule has 1 aliphatic rings. The zero-order chi connectivity index (χ0) is 22.5. The molecule has 0 aliphatic heterocycles. The number of non-ortho nitro benzene ring substituents is 1. The van der Waals surface area contributed by atoms with Gasteiger partial charge in [0.05, 0.1) is 11.0 Å². The first-order chi connectivity index (χ1) is 14.7. The minimum absolute atomic E-state index is 0.0326. The molecule has 166 valence electrons. The van der Waals surface area contributed by atoms with E-state index < -0.39 is 4.92 Å². The Balaban J connectivity index is 1.50. The van der Waals surface area contributed by atoms with Crippen LogP contribution in [0.15, 0.2) is 30.5 Å². The number of carbonyl (C=O) groups is 1. The molecule has 31 heavy (non-hydrogen) atoms. The van der Waals surface area contributed by atoms with Crippen molar-refractivity contribution in [3.05, 3.63) is 51.7 Å². The van der Waals surface area contributed by atoms with E-state index >= 15 is 0 Å². The highest BCUT2D eigenvalue weighted by atomic mass is 16.6. The van der Waals surface area contributed by atoms with Crippen LogP contribution in [0, 0.1) is 23.0 Å². The van der Waals surface area contributed by atoms with Crippen LogP contribution >= 0.6 is 0 Å². The number of anilines is 2. The van der Waals surface area contributed by atoms with Gasteiger partial charge in [0.1, 0.15) is 5.82 Å². The number of aryl methyl sites for hydroxylation is 1. The number of hydrogen-bond acceptors (Lipinski definition) is 7. The number of aromatic nitrogens is 2. The van der Waals surface area contributed by atoms with Crippen molar-refractivity contribution in [3.63, 3.8) is 0 Å². The molecule has 9 heteroatoms. The lowest BCUT2D eigenvalue weighted by molar-refractivity contribution is -0.384. The largest absolute Gasteiger partial charge is 0.362 e. The fourth-order valence-electron chi connectivity index (χ4n) is 3.94. The van der Waals surface area contributed by atoms with Gasteiger partial charge in [-0.2, -0.15) is 4.98 Å². The number of nitrogens with one attached hydrogen (secondary N) is 2. The van der Waals surface area contributed by atoms with Crippen LogP contribution in [0.4, 0.5) is 17.5 Å². The normalized spacial score (nSPS) is 19.4. The molecular weight excluding hydrogens is 396 g/mol. The molecule has 9 nitrogen and oxygen atoms in total. The second-order valence-corrected chi connectivity index (χ2v) is 8.37. The highest BCUT2D eigenvalue weighted by molar-refractivity contribution is 5.79. The maximum absolute atomic E-state index is 12.7. The lowest BCUT2D eigenvalue weighted by Gasteiger charge is -2.29. The third kappa shape index (κ3) is 5.68. The summed E-state index contributed by atoms with van der Waals surface area (Å²) in [6.07, 6.45) is 5.16. The van der Waals surface area contributed by atoms with E-state index in [1.807, 2.05) is 39.0 Å². The fourth-order valence-corrected chi connectivity index (χ4v) is 3.94. The van der Waals surface area contributed by atoms with Crippen molar-refractivity contribution in [2.24, 2.45) is 5.92 Å². The molecule has 3 rings (SSSR count). The highest BCUT2D eigenvalue weighted by Gasteiger charge is 2.27. The van der Waals surface area contributed by atoms with Crippen molar-refractivity contribution in [2.45, 2.75) is 51.6 Å². The minimum Gasteiger partial charge on any atom is -0.362 e. The molecule has 0 spiro atoms. The van der Waals surface area contributed by atoms with Gasteiger partial charge in [-0.1, -0.05) is 12.1 Å². The predicted octanol–water partition coefficient (Wildman–Crippen LogP) is 3.61. The Kier molecular flexibility index (Phi) is 7.04. The van der Waals surface area contributed by atoms with E-state index in [9.17, 15) is 14.9 Å². The van der Waals surface area contributed by atoms with Gasteiger partial charge in [0.2, 0.25) is 11.9 Å². The summed E-state index contributed by atoms with van der Waals surface area (Å²) in [5, 5.41) is 17.2. The van der Waals surface area contributed by atoms with Gasteiger partial charge in [-0.3, -0.25) is 14.9 Å². The zero-order valence-electron chi connectivity index (χ0n) is 18.5. The molecule has 1 aromatic heterocycles. The van der Waals surface area contributed by atoms with Crippen molar-refractivity contribution in [3.8, 4) is 0 Å². The topological polar surface area (TPSA) is 113 Å². The maximum atomic E-state index is 12.7. The van der Waals surface area contributed by atoms with E-state index in [0.29, 0.717) is 5.95 Å². The van der Waals surface area contributed by atoms with Gasteiger partial charge >= 0.3 is 0 Å². The Morgan fingerprint density at radius 2 is 1.84 bits per heavy atom. The summed E-state index contributed by atoms with van der Waals surface area (Å²) >= 11 is 0. The van der Waals surface area contributed by atoms with Crippen LogP contribution in [0.3, 0.4) is 0 Å². The molecule has 2 aromatic rings. The fraction of sp³-hybridized carbons (Fsp3) is 0.500. The second-order valence-electron chi connectivity index (χ2n) is 8.37. The van der Waals surface area contributed by atoms with Gasteiger partial charge in [0, 0.05) is 49.9 Å².